The van der Waals surface area contributed by atoms with E-state index in [2.05, 4.69) is 22.2 Å². The second kappa shape index (κ2) is 8.41. The molecule has 0 saturated carbocycles. The lowest BCUT2D eigenvalue weighted by Crippen LogP contribution is -2.41. The van der Waals surface area contributed by atoms with Gasteiger partial charge in [-0.25, -0.2) is 9.78 Å². The van der Waals surface area contributed by atoms with Crippen molar-refractivity contribution >= 4 is 23.0 Å². The SMILES string of the molecule is Cc1ccc2nc(CN(C)C(=O)NCCC(=O)N3CCC(C)CC3)[nH]c2c1. The Bertz CT molecular complexity index is 808. The average Bonchev–Trinajstić information content (AvgIpc) is 3.03. The molecule has 2 heterocycles. The molecule has 1 aromatic heterocycles. The van der Waals surface area contributed by atoms with Crippen molar-refractivity contribution in [2.24, 2.45) is 5.92 Å². The van der Waals surface area contributed by atoms with E-state index in [9.17, 15) is 9.59 Å². The predicted molar refractivity (Wildman–Crippen MR) is 105 cm³/mol. The molecule has 1 aromatic carbocycles. The van der Waals surface area contributed by atoms with Crippen LogP contribution in [0.4, 0.5) is 4.79 Å². The van der Waals surface area contributed by atoms with Crippen LogP contribution in [0.25, 0.3) is 11.0 Å². The van der Waals surface area contributed by atoms with Gasteiger partial charge in [-0.15, -0.1) is 0 Å². The first kappa shape index (κ1) is 19.2. The maximum atomic E-state index is 12.3. The smallest absolute Gasteiger partial charge is 0.317 e. The number of aromatic nitrogens is 2. The van der Waals surface area contributed by atoms with Crippen LogP contribution in [0, 0.1) is 12.8 Å². The second-order valence-electron chi connectivity index (χ2n) is 7.61. The van der Waals surface area contributed by atoms with Crippen molar-refractivity contribution in [3.8, 4) is 0 Å². The fourth-order valence-electron chi connectivity index (χ4n) is 3.38. The summed E-state index contributed by atoms with van der Waals surface area (Å²) in [6, 6.07) is 5.83. The molecule has 3 rings (SSSR count). The van der Waals surface area contributed by atoms with Crippen LogP contribution in [-0.2, 0) is 11.3 Å². The van der Waals surface area contributed by atoms with Gasteiger partial charge in [0.25, 0.3) is 0 Å². The number of nitrogens with zero attached hydrogens (tertiary/aromatic N) is 3. The Morgan fingerprint density at radius 1 is 1.33 bits per heavy atom. The van der Waals surface area contributed by atoms with E-state index in [0.717, 1.165) is 48.4 Å². The zero-order valence-electron chi connectivity index (χ0n) is 16.4. The highest BCUT2D eigenvalue weighted by Gasteiger charge is 2.20. The van der Waals surface area contributed by atoms with E-state index in [1.54, 1.807) is 11.9 Å². The number of H-pyrrole nitrogens is 1. The van der Waals surface area contributed by atoms with Crippen molar-refractivity contribution < 1.29 is 9.59 Å². The molecule has 0 spiro atoms. The molecule has 7 heteroatoms. The van der Waals surface area contributed by atoms with E-state index in [1.807, 2.05) is 30.0 Å². The minimum Gasteiger partial charge on any atom is -0.343 e. The van der Waals surface area contributed by atoms with Crippen molar-refractivity contribution in [1.82, 2.24) is 25.1 Å². The van der Waals surface area contributed by atoms with Gasteiger partial charge in [0.1, 0.15) is 5.82 Å². The number of carbonyl (C=O) groups is 2. The molecule has 1 fully saturated rings. The minimum atomic E-state index is -0.202. The van der Waals surface area contributed by atoms with Crippen LogP contribution in [0.2, 0.25) is 0 Å². The number of aromatic amines is 1. The molecule has 0 atom stereocenters. The van der Waals surface area contributed by atoms with E-state index in [0.29, 0.717) is 25.4 Å². The summed E-state index contributed by atoms with van der Waals surface area (Å²) in [4.78, 5) is 35.7. The number of carbonyl (C=O) groups excluding carboxylic acids is 2. The summed E-state index contributed by atoms with van der Waals surface area (Å²) in [5.41, 5.74) is 3.03. The van der Waals surface area contributed by atoms with Gasteiger partial charge in [-0.1, -0.05) is 13.0 Å². The van der Waals surface area contributed by atoms with Crippen LogP contribution >= 0.6 is 0 Å². The fourth-order valence-corrected chi connectivity index (χ4v) is 3.38. The molecule has 0 radical (unpaired) electrons. The maximum absolute atomic E-state index is 12.3. The third-order valence-electron chi connectivity index (χ3n) is 5.17. The first-order chi connectivity index (χ1) is 12.9. The van der Waals surface area contributed by atoms with Crippen LogP contribution < -0.4 is 5.32 Å². The molecule has 0 aliphatic carbocycles. The number of urea groups is 1. The first-order valence-corrected chi connectivity index (χ1v) is 9.64. The van der Waals surface area contributed by atoms with E-state index in [4.69, 9.17) is 0 Å². The van der Waals surface area contributed by atoms with Crippen molar-refractivity contribution in [2.45, 2.75) is 39.7 Å². The number of fused-ring (bicyclic) bond motifs is 1. The van der Waals surface area contributed by atoms with E-state index in [-0.39, 0.29) is 11.9 Å². The maximum Gasteiger partial charge on any atom is 0.317 e. The number of benzene rings is 1. The van der Waals surface area contributed by atoms with Gasteiger partial charge in [-0.3, -0.25) is 4.79 Å². The van der Waals surface area contributed by atoms with Crippen molar-refractivity contribution in [3.05, 3.63) is 29.6 Å². The van der Waals surface area contributed by atoms with Crippen LogP contribution in [-0.4, -0.2) is 58.4 Å². The molecule has 0 bridgehead atoms. The first-order valence-electron chi connectivity index (χ1n) is 9.64. The van der Waals surface area contributed by atoms with Gasteiger partial charge < -0.3 is 20.1 Å². The summed E-state index contributed by atoms with van der Waals surface area (Å²) in [7, 11) is 1.72. The molecule has 1 aliphatic heterocycles. The molecule has 3 amide bonds. The van der Waals surface area contributed by atoms with Crippen molar-refractivity contribution in [1.29, 1.82) is 0 Å². The van der Waals surface area contributed by atoms with Gasteiger partial charge in [0.05, 0.1) is 17.6 Å². The van der Waals surface area contributed by atoms with Crippen LogP contribution in [0.3, 0.4) is 0 Å². The Kier molecular flexibility index (Phi) is 5.98. The lowest BCUT2D eigenvalue weighted by atomic mass is 9.99. The fraction of sp³-hybridized carbons (Fsp3) is 0.550. The standard InChI is InChI=1S/C20H29N5O2/c1-14-7-10-25(11-8-14)19(26)6-9-21-20(27)24(3)13-18-22-16-5-4-15(2)12-17(16)23-18/h4-5,12,14H,6-11,13H2,1-3H3,(H,21,27)(H,22,23). The molecule has 146 valence electrons. The summed E-state index contributed by atoms with van der Waals surface area (Å²) in [5, 5.41) is 2.82. The van der Waals surface area contributed by atoms with Gasteiger partial charge in [-0.2, -0.15) is 0 Å². The van der Waals surface area contributed by atoms with Crippen LogP contribution in [0.1, 0.15) is 37.6 Å². The summed E-state index contributed by atoms with van der Waals surface area (Å²) in [6.07, 6.45) is 2.48. The van der Waals surface area contributed by atoms with Gasteiger partial charge in [-0.05, 0) is 43.4 Å². The Hall–Kier alpha value is -2.57. The van der Waals surface area contributed by atoms with Gasteiger partial charge in [0.2, 0.25) is 5.91 Å². The molecule has 2 aromatic rings. The quantitative estimate of drug-likeness (QED) is 0.848. The van der Waals surface area contributed by atoms with E-state index < -0.39 is 0 Å². The highest BCUT2D eigenvalue weighted by molar-refractivity contribution is 5.78. The monoisotopic (exact) mass is 371 g/mol. The number of likely N-dealkylation sites (tertiary alicyclic amines) is 1. The molecule has 2 N–H and O–H groups in total. The Labute approximate surface area is 160 Å². The number of rotatable bonds is 5. The highest BCUT2D eigenvalue weighted by Crippen LogP contribution is 2.16. The number of aryl methyl sites for hydroxylation is 1. The van der Waals surface area contributed by atoms with Crippen molar-refractivity contribution in [3.63, 3.8) is 0 Å². The Morgan fingerprint density at radius 3 is 2.81 bits per heavy atom. The van der Waals surface area contributed by atoms with E-state index >= 15 is 0 Å². The molecule has 0 unspecified atom stereocenters. The molecular formula is C20H29N5O2. The minimum absolute atomic E-state index is 0.123. The van der Waals surface area contributed by atoms with Gasteiger partial charge in [0, 0.05) is 33.1 Å². The zero-order valence-corrected chi connectivity index (χ0v) is 16.4. The largest absolute Gasteiger partial charge is 0.343 e. The normalized spacial score (nSPS) is 15.1. The third kappa shape index (κ3) is 4.99. The molecular weight excluding hydrogens is 342 g/mol. The summed E-state index contributed by atoms with van der Waals surface area (Å²) in [6.45, 7) is 6.66. The molecule has 1 aliphatic rings. The second-order valence-corrected chi connectivity index (χ2v) is 7.61. The van der Waals surface area contributed by atoms with Gasteiger partial charge >= 0.3 is 6.03 Å². The average molecular weight is 371 g/mol. The van der Waals surface area contributed by atoms with Crippen LogP contribution in [0.15, 0.2) is 18.2 Å². The number of nitrogens with one attached hydrogen (secondary N) is 2. The summed E-state index contributed by atoms with van der Waals surface area (Å²) in [5.74, 6) is 1.56. The number of amides is 3. The van der Waals surface area contributed by atoms with Crippen molar-refractivity contribution in [2.75, 3.05) is 26.7 Å². The number of piperidine rings is 1. The molecule has 1 saturated heterocycles. The predicted octanol–water partition coefficient (Wildman–Crippen LogP) is 2.66. The summed E-state index contributed by atoms with van der Waals surface area (Å²) >= 11 is 0. The Morgan fingerprint density at radius 2 is 2.07 bits per heavy atom. The van der Waals surface area contributed by atoms with Gasteiger partial charge in [0.15, 0.2) is 0 Å². The lowest BCUT2D eigenvalue weighted by molar-refractivity contribution is -0.132. The molecule has 27 heavy (non-hydrogen) atoms. The Balaban J connectivity index is 1.44. The zero-order chi connectivity index (χ0) is 19.4. The van der Waals surface area contributed by atoms with E-state index in [1.165, 1.54) is 0 Å². The van der Waals surface area contributed by atoms with Crippen LogP contribution in [0.5, 0.6) is 0 Å². The topological polar surface area (TPSA) is 81.3 Å². The highest BCUT2D eigenvalue weighted by atomic mass is 16.2. The number of imidazole rings is 1. The molecule has 7 nitrogen and oxygen atoms in total. The lowest BCUT2D eigenvalue weighted by Gasteiger charge is -2.30. The summed E-state index contributed by atoms with van der Waals surface area (Å²) < 4.78 is 0. The third-order valence-corrected chi connectivity index (χ3v) is 5.17. The number of hydrogen-bond donors (Lipinski definition) is 2. The number of hydrogen-bond acceptors (Lipinski definition) is 3.